The van der Waals surface area contributed by atoms with Gasteiger partial charge in [-0.1, -0.05) is 13.0 Å². The number of amides is 2. The molecule has 2 aromatic carbocycles. The Kier molecular flexibility index (Phi) is 7.68. The highest BCUT2D eigenvalue weighted by atomic mass is 16.5. The van der Waals surface area contributed by atoms with Crippen LogP contribution in [0, 0.1) is 0 Å². The Bertz CT molecular complexity index is 823. The van der Waals surface area contributed by atoms with Crippen LogP contribution in [-0.4, -0.2) is 38.6 Å². The van der Waals surface area contributed by atoms with Gasteiger partial charge >= 0.3 is 0 Å². The molecule has 0 fully saturated rings. The summed E-state index contributed by atoms with van der Waals surface area (Å²) in [5.41, 5.74) is 1.71. The number of carbonyl (C=O) groups is 2. The normalized spacial score (nSPS) is 11.3. The molecule has 2 rings (SSSR count). The molecule has 2 aromatic rings. The molecule has 0 aromatic heterocycles. The first-order chi connectivity index (χ1) is 13.5. The van der Waals surface area contributed by atoms with Crippen LogP contribution in [0.1, 0.15) is 30.6 Å². The van der Waals surface area contributed by atoms with Crippen LogP contribution in [0.25, 0.3) is 0 Å². The zero-order chi connectivity index (χ0) is 20.5. The fourth-order valence-corrected chi connectivity index (χ4v) is 2.48. The van der Waals surface area contributed by atoms with Crippen molar-refractivity contribution in [3.05, 3.63) is 48.0 Å². The van der Waals surface area contributed by atoms with Gasteiger partial charge in [-0.25, -0.2) is 0 Å². The Morgan fingerprint density at radius 2 is 1.86 bits per heavy atom. The van der Waals surface area contributed by atoms with E-state index < -0.39 is 0 Å². The topological polar surface area (TPSA) is 88.7 Å². The molecule has 1 unspecified atom stereocenters. The zero-order valence-corrected chi connectivity index (χ0v) is 16.7. The molecular formula is C21H27N3O4. The van der Waals surface area contributed by atoms with Gasteiger partial charge in [0.05, 0.1) is 26.5 Å². The van der Waals surface area contributed by atoms with Gasteiger partial charge in [-0.15, -0.1) is 0 Å². The maximum absolute atomic E-state index is 12.3. The van der Waals surface area contributed by atoms with Gasteiger partial charge in [0.2, 0.25) is 5.91 Å². The van der Waals surface area contributed by atoms with E-state index in [1.165, 1.54) is 0 Å². The SMILES string of the molecule is CCC(C)NC(=O)c1cccc(NC(=O)CNc2cc(OC)ccc2OC)c1. The van der Waals surface area contributed by atoms with Gasteiger partial charge in [0.1, 0.15) is 11.5 Å². The van der Waals surface area contributed by atoms with Crippen molar-refractivity contribution in [3.63, 3.8) is 0 Å². The van der Waals surface area contributed by atoms with Crippen molar-refractivity contribution in [2.24, 2.45) is 0 Å². The molecule has 0 spiro atoms. The zero-order valence-electron chi connectivity index (χ0n) is 16.7. The van der Waals surface area contributed by atoms with Crippen LogP contribution in [0.2, 0.25) is 0 Å². The highest BCUT2D eigenvalue weighted by Gasteiger charge is 2.11. The van der Waals surface area contributed by atoms with Crippen molar-refractivity contribution in [3.8, 4) is 11.5 Å². The van der Waals surface area contributed by atoms with E-state index in [1.807, 2.05) is 13.8 Å². The summed E-state index contributed by atoms with van der Waals surface area (Å²) in [7, 11) is 3.13. The lowest BCUT2D eigenvalue weighted by Gasteiger charge is -2.14. The van der Waals surface area contributed by atoms with Crippen molar-refractivity contribution >= 4 is 23.2 Å². The summed E-state index contributed by atoms with van der Waals surface area (Å²) in [6, 6.07) is 12.2. The number of methoxy groups -OCH3 is 2. The smallest absolute Gasteiger partial charge is 0.251 e. The molecule has 0 aliphatic rings. The van der Waals surface area contributed by atoms with Crippen molar-refractivity contribution in [2.45, 2.75) is 26.3 Å². The lowest BCUT2D eigenvalue weighted by atomic mass is 10.1. The number of rotatable bonds is 9. The number of hydrogen-bond donors (Lipinski definition) is 3. The van der Waals surface area contributed by atoms with E-state index in [0.717, 1.165) is 6.42 Å². The Morgan fingerprint density at radius 3 is 2.54 bits per heavy atom. The predicted molar refractivity (Wildman–Crippen MR) is 110 cm³/mol. The van der Waals surface area contributed by atoms with Gasteiger partial charge in [0.15, 0.2) is 0 Å². The summed E-state index contributed by atoms with van der Waals surface area (Å²) in [4.78, 5) is 24.5. The first kappa shape index (κ1) is 21.1. The standard InChI is InChI=1S/C21H27N3O4/c1-5-14(2)23-21(26)15-7-6-8-16(11-15)24-20(25)13-22-18-12-17(27-3)9-10-19(18)28-4/h6-12,14,22H,5,13H2,1-4H3,(H,23,26)(H,24,25). The van der Waals surface area contributed by atoms with Crippen LogP contribution in [0.4, 0.5) is 11.4 Å². The molecule has 2 amide bonds. The first-order valence-corrected chi connectivity index (χ1v) is 9.13. The van der Waals surface area contributed by atoms with Crippen molar-refractivity contribution < 1.29 is 19.1 Å². The van der Waals surface area contributed by atoms with E-state index in [4.69, 9.17) is 9.47 Å². The number of benzene rings is 2. The van der Waals surface area contributed by atoms with Gasteiger partial charge in [0.25, 0.3) is 5.91 Å². The average molecular weight is 385 g/mol. The third kappa shape index (κ3) is 5.90. The molecule has 0 heterocycles. The minimum absolute atomic E-state index is 0.0345. The molecule has 0 saturated heterocycles. The third-order valence-corrected chi connectivity index (χ3v) is 4.24. The minimum atomic E-state index is -0.246. The maximum Gasteiger partial charge on any atom is 0.251 e. The van der Waals surface area contributed by atoms with Gasteiger partial charge in [0, 0.05) is 23.4 Å². The lowest BCUT2D eigenvalue weighted by molar-refractivity contribution is -0.114. The molecule has 0 bridgehead atoms. The largest absolute Gasteiger partial charge is 0.497 e. The van der Waals surface area contributed by atoms with Crippen LogP contribution in [0.15, 0.2) is 42.5 Å². The van der Waals surface area contributed by atoms with Crippen LogP contribution >= 0.6 is 0 Å². The van der Waals surface area contributed by atoms with Gasteiger partial charge < -0.3 is 25.4 Å². The summed E-state index contributed by atoms with van der Waals surface area (Å²) in [5.74, 6) is 0.857. The molecule has 7 nitrogen and oxygen atoms in total. The highest BCUT2D eigenvalue weighted by Crippen LogP contribution is 2.28. The van der Waals surface area contributed by atoms with Gasteiger partial charge in [-0.2, -0.15) is 0 Å². The molecule has 0 aliphatic carbocycles. The summed E-state index contributed by atoms with van der Waals surface area (Å²) < 4.78 is 10.5. The van der Waals surface area contributed by atoms with Gasteiger partial charge in [-0.3, -0.25) is 9.59 Å². The van der Waals surface area contributed by atoms with Crippen LogP contribution in [-0.2, 0) is 4.79 Å². The van der Waals surface area contributed by atoms with E-state index in [9.17, 15) is 9.59 Å². The Labute approximate surface area is 165 Å². The second-order valence-corrected chi connectivity index (χ2v) is 6.33. The van der Waals surface area contributed by atoms with E-state index >= 15 is 0 Å². The molecule has 3 N–H and O–H groups in total. The Hall–Kier alpha value is -3.22. The maximum atomic E-state index is 12.3. The van der Waals surface area contributed by atoms with Crippen molar-refractivity contribution in [1.29, 1.82) is 0 Å². The molecule has 1 atom stereocenters. The van der Waals surface area contributed by atoms with Gasteiger partial charge in [-0.05, 0) is 43.7 Å². The van der Waals surface area contributed by atoms with Crippen LogP contribution in [0.3, 0.4) is 0 Å². The van der Waals surface area contributed by atoms with Crippen LogP contribution < -0.4 is 25.4 Å². The summed E-state index contributed by atoms with van der Waals surface area (Å²) >= 11 is 0. The third-order valence-electron chi connectivity index (χ3n) is 4.24. The molecule has 0 aliphatic heterocycles. The monoisotopic (exact) mass is 385 g/mol. The molecule has 28 heavy (non-hydrogen) atoms. The predicted octanol–water partition coefficient (Wildman–Crippen LogP) is 3.28. The first-order valence-electron chi connectivity index (χ1n) is 9.13. The van der Waals surface area contributed by atoms with E-state index in [1.54, 1.807) is 56.7 Å². The quantitative estimate of drug-likeness (QED) is 0.616. The van der Waals surface area contributed by atoms with E-state index in [2.05, 4.69) is 16.0 Å². The number of carbonyl (C=O) groups excluding carboxylic acids is 2. The van der Waals surface area contributed by atoms with E-state index in [0.29, 0.717) is 28.4 Å². The number of nitrogens with one attached hydrogen (secondary N) is 3. The molecular weight excluding hydrogens is 358 g/mol. The summed E-state index contributed by atoms with van der Waals surface area (Å²) in [5, 5.41) is 8.73. The molecule has 0 radical (unpaired) electrons. The second kappa shape index (κ2) is 10.2. The minimum Gasteiger partial charge on any atom is -0.497 e. The molecule has 150 valence electrons. The van der Waals surface area contributed by atoms with Crippen LogP contribution in [0.5, 0.6) is 11.5 Å². The molecule has 0 saturated carbocycles. The van der Waals surface area contributed by atoms with Crippen molar-refractivity contribution in [1.82, 2.24) is 5.32 Å². The number of anilines is 2. The summed E-state index contributed by atoms with van der Waals surface area (Å²) in [6.45, 7) is 3.99. The lowest BCUT2D eigenvalue weighted by Crippen LogP contribution is -2.32. The highest BCUT2D eigenvalue weighted by molar-refractivity contribution is 5.98. The van der Waals surface area contributed by atoms with E-state index in [-0.39, 0.29) is 24.4 Å². The Balaban J connectivity index is 1.98. The number of ether oxygens (including phenoxy) is 2. The molecule has 7 heteroatoms. The second-order valence-electron chi connectivity index (χ2n) is 6.33. The fraction of sp³-hybridized carbons (Fsp3) is 0.333. The van der Waals surface area contributed by atoms with Crippen molar-refractivity contribution in [2.75, 3.05) is 31.4 Å². The fourth-order valence-electron chi connectivity index (χ4n) is 2.48. The Morgan fingerprint density at radius 1 is 1.07 bits per heavy atom. The summed E-state index contributed by atoms with van der Waals surface area (Å²) in [6.07, 6.45) is 0.849. The average Bonchev–Trinajstić information content (AvgIpc) is 2.71. The number of hydrogen-bond acceptors (Lipinski definition) is 5.